The normalized spacial score (nSPS) is 17.2. The molecule has 0 bridgehead atoms. The lowest BCUT2D eigenvalue weighted by atomic mass is 9.90. The molecule has 0 spiro atoms. The lowest BCUT2D eigenvalue weighted by molar-refractivity contribution is -0.142. The minimum absolute atomic E-state index is 0.382. The maximum Gasteiger partial charge on any atom is 0.322 e. The van der Waals surface area contributed by atoms with Gasteiger partial charge in [-0.25, -0.2) is 0 Å². The molecule has 0 heterocycles. The standard InChI is InChI=1S/C17H25NO3/c1-20-17(19)16(18)11-13-7-9-15(10-8-13)21-12-14-5-3-2-4-6-14/h7-10,14,16H,2-6,11-12,18H2,1H3/t16-/m0/s1. The Morgan fingerprint density at radius 3 is 2.52 bits per heavy atom. The summed E-state index contributed by atoms with van der Waals surface area (Å²) in [6.45, 7) is 0.807. The number of carbonyl (C=O) groups excluding carboxylic acids is 1. The molecule has 0 aromatic heterocycles. The van der Waals surface area contributed by atoms with Crippen LogP contribution in [0, 0.1) is 5.92 Å². The van der Waals surface area contributed by atoms with Crippen LogP contribution in [0.4, 0.5) is 0 Å². The minimum Gasteiger partial charge on any atom is -0.493 e. The number of carbonyl (C=O) groups is 1. The number of hydrogen-bond acceptors (Lipinski definition) is 4. The van der Waals surface area contributed by atoms with E-state index in [1.807, 2.05) is 24.3 Å². The van der Waals surface area contributed by atoms with Crippen LogP contribution in [0.25, 0.3) is 0 Å². The molecule has 21 heavy (non-hydrogen) atoms. The molecule has 116 valence electrons. The summed E-state index contributed by atoms with van der Waals surface area (Å²) in [6, 6.07) is 7.20. The van der Waals surface area contributed by atoms with Gasteiger partial charge in [0, 0.05) is 0 Å². The van der Waals surface area contributed by atoms with E-state index in [1.54, 1.807) is 0 Å². The minimum atomic E-state index is -0.607. The second-order valence-corrected chi connectivity index (χ2v) is 5.79. The van der Waals surface area contributed by atoms with E-state index in [4.69, 9.17) is 10.5 Å². The molecule has 1 aromatic carbocycles. The molecule has 4 nitrogen and oxygen atoms in total. The van der Waals surface area contributed by atoms with Gasteiger partial charge >= 0.3 is 5.97 Å². The first-order chi connectivity index (χ1) is 10.2. The highest BCUT2D eigenvalue weighted by Gasteiger charge is 2.15. The molecule has 1 aromatic rings. The van der Waals surface area contributed by atoms with Gasteiger partial charge in [0.25, 0.3) is 0 Å². The summed E-state index contributed by atoms with van der Waals surface area (Å²) in [7, 11) is 1.35. The highest BCUT2D eigenvalue weighted by molar-refractivity contribution is 5.75. The summed E-state index contributed by atoms with van der Waals surface area (Å²) >= 11 is 0. The van der Waals surface area contributed by atoms with Crippen LogP contribution < -0.4 is 10.5 Å². The van der Waals surface area contributed by atoms with Crippen molar-refractivity contribution >= 4 is 5.97 Å². The summed E-state index contributed by atoms with van der Waals surface area (Å²) < 4.78 is 10.5. The van der Waals surface area contributed by atoms with Gasteiger partial charge in [-0.2, -0.15) is 0 Å². The highest BCUT2D eigenvalue weighted by Crippen LogP contribution is 2.24. The molecule has 1 aliphatic carbocycles. The van der Waals surface area contributed by atoms with E-state index in [0.29, 0.717) is 12.3 Å². The Morgan fingerprint density at radius 2 is 1.90 bits per heavy atom. The summed E-state index contributed by atoms with van der Waals surface area (Å²) in [5.74, 6) is 1.20. The van der Waals surface area contributed by atoms with Gasteiger partial charge in [-0.3, -0.25) is 4.79 Å². The second kappa shape index (κ2) is 8.03. The van der Waals surface area contributed by atoms with E-state index in [9.17, 15) is 4.79 Å². The molecule has 0 saturated heterocycles. The van der Waals surface area contributed by atoms with Crippen molar-refractivity contribution in [2.45, 2.75) is 44.6 Å². The SMILES string of the molecule is COC(=O)[C@@H](N)Cc1ccc(OCC2CCCCC2)cc1. The highest BCUT2D eigenvalue weighted by atomic mass is 16.5. The van der Waals surface area contributed by atoms with Crippen molar-refractivity contribution in [2.24, 2.45) is 11.7 Å². The third-order valence-corrected chi connectivity index (χ3v) is 4.09. The van der Waals surface area contributed by atoms with Crippen molar-refractivity contribution < 1.29 is 14.3 Å². The Hall–Kier alpha value is -1.55. The van der Waals surface area contributed by atoms with Crippen molar-refractivity contribution in [3.8, 4) is 5.75 Å². The average Bonchev–Trinajstić information content (AvgIpc) is 2.54. The maximum atomic E-state index is 11.3. The van der Waals surface area contributed by atoms with E-state index in [0.717, 1.165) is 17.9 Å². The zero-order valence-electron chi connectivity index (χ0n) is 12.7. The van der Waals surface area contributed by atoms with Crippen molar-refractivity contribution in [2.75, 3.05) is 13.7 Å². The Bertz CT molecular complexity index is 438. The zero-order valence-corrected chi connectivity index (χ0v) is 12.7. The van der Waals surface area contributed by atoms with Crippen LogP contribution in [-0.4, -0.2) is 25.7 Å². The van der Waals surface area contributed by atoms with Gasteiger partial charge in [-0.1, -0.05) is 31.4 Å². The van der Waals surface area contributed by atoms with Gasteiger partial charge in [0.05, 0.1) is 13.7 Å². The molecule has 1 fully saturated rings. The fourth-order valence-corrected chi connectivity index (χ4v) is 2.78. The quantitative estimate of drug-likeness (QED) is 0.819. The number of benzene rings is 1. The summed E-state index contributed by atoms with van der Waals surface area (Å²) in [5.41, 5.74) is 6.76. The van der Waals surface area contributed by atoms with Crippen molar-refractivity contribution in [3.63, 3.8) is 0 Å². The Morgan fingerprint density at radius 1 is 1.24 bits per heavy atom. The number of esters is 1. The molecular weight excluding hydrogens is 266 g/mol. The Labute approximate surface area is 126 Å². The number of methoxy groups -OCH3 is 1. The third-order valence-electron chi connectivity index (χ3n) is 4.09. The van der Waals surface area contributed by atoms with Crippen molar-refractivity contribution in [1.82, 2.24) is 0 Å². The van der Waals surface area contributed by atoms with Crippen molar-refractivity contribution in [3.05, 3.63) is 29.8 Å². The zero-order chi connectivity index (χ0) is 15.1. The number of ether oxygens (including phenoxy) is 2. The van der Waals surface area contributed by atoms with E-state index in [2.05, 4.69) is 4.74 Å². The van der Waals surface area contributed by atoms with E-state index in [-0.39, 0.29) is 5.97 Å². The van der Waals surface area contributed by atoms with Crippen molar-refractivity contribution in [1.29, 1.82) is 0 Å². The summed E-state index contributed by atoms with van der Waals surface area (Å²) in [6.07, 6.45) is 7.08. The lowest BCUT2D eigenvalue weighted by Gasteiger charge is -2.21. The Balaban J connectivity index is 1.79. The monoisotopic (exact) mass is 291 g/mol. The summed E-state index contributed by atoms with van der Waals surface area (Å²) in [4.78, 5) is 11.3. The van der Waals surface area contributed by atoms with Crippen LogP contribution in [0.1, 0.15) is 37.7 Å². The van der Waals surface area contributed by atoms with E-state index in [1.165, 1.54) is 39.2 Å². The predicted molar refractivity (Wildman–Crippen MR) is 82.2 cm³/mol. The first kappa shape index (κ1) is 15.8. The van der Waals surface area contributed by atoms with Crippen LogP contribution in [-0.2, 0) is 16.0 Å². The molecule has 2 rings (SSSR count). The molecular formula is C17H25NO3. The Kier molecular flexibility index (Phi) is 6.05. The molecule has 0 radical (unpaired) electrons. The maximum absolute atomic E-state index is 11.3. The summed E-state index contributed by atoms with van der Waals surface area (Å²) in [5, 5.41) is 0. The number of nitrogens with two attached hydrogens (primary N) is 1. The molecule has 0 amide bonds. The number of hydrogen-bond donors (Lipinski definition) is 1. The molecule has 1 aliphatic rings. The second-order valence-electron chi connectivity index (χ2n) is 5.79. The first-order valence-corrected chi connectivity index (χ1v) is 7.74. The lowest BCUT2D eigenvalue weighted by Crippen LogP contribution is -2.33. The van der Waals surface area contributed by atoms with Gasteiger partial charge in [0.1, 0.15) is 11.8 Å². The molecule has 0 unspecified atom stereocenters. The number of rotatable bonds is 6. The third kappa shape index (κ3) is 5.05. The van der Waals surface area contributed by atoms with Gasteiger partial charge in [-0.15, -0.1) is 0 Å². The largest absolute Gasteiger partial charge is 0.493 e. The molecule has 1 saturated carbocycles. The fourth-order valence-electron chi connectivity index (χ4n) is 2.78. The predicted octanol–water partition coefficient (Wildman–Crippen LogP) is 2.69. The van der Waals surface area contributed by atoms with Crippen LogP contribution in [0.5, 0.6) is 5.75 Å². The van der Waals surface area contributed by atoms with Crippen LogP contribution in [0.15, 0.2) is 24.3 Å². The van der Waals surface area contributed by atoms with Gasteiger partial charge < -0.3 is 15.2 Å². The average molecular weight is 291 g/mol. The smallest absolute Gasteiger partial charge is 0.322 e. The van der Waals surface area contributed by atoms with Crippen LogP contribution in [0.3, 0.4) is 0 Å². The molecule has 0 aliphatic heterocycles. The van der Waals surface area contributed by atoms with Gasteiger partial charge in [0.15, 0.2) is 0 Å². The van der Waals surface area contributed by atoms with Gasteiger partial charge in [-0.05, 0) is 42.9 Å². The fraction of sp³-hybridized carbons (Fsp3) is 0.588. The van der Waals surface area contributed by atoms with Gasteiger partial charge in [0.2, 0.25) is 0 Å². The van der Waals surface area contributed by atoms with Crippen LogP contribution >= 0.6 is 0 Å². The molecule has 2 N–H and O–H groups in total. The first-order valence-electron chi connectivity index (χ1n) is 7.74. The van der Waals surface area contributed by atoms with Crippen LogP contribution in [0.2, 0.25) is 0 Å². The van der Waals surface area contributed by atoms with E-state index < -0.39 is 6.04 Å². The topological polar surface area (TPSA) is 61.5 Å². The molecule has 4 heteroatoms. The molecule has 1 atom stereocenters. The van der Waals surface area contributed by atoms with E-state index >= 15 is 0 Å².